The lowest BCUT2D eigenvalue weighted by Crippen LogP contribution is -2.48. The molecule has 25 heavy (non-hydrogen) atoms. The monoisotopic (exact) mass is 387 g/mol. The molecule has 7 heteroatoms. The molecule has 1 fully saturated rings. The number of aryl methyl sites for hydroxylation is 2. The van der Waals surface area contributed by atoms with Gasteiger partial charge >= 0.3 is 0 Å². The minimum atomic E-state index is -3.63. The molecule has 0 bridgehead atoms. The van der Waals surface area contributed by atoms with Crippen LogP contribution in [0.3, 0.4) is 0 Å². The van der Waals surface area contributed by atoms with Gasteiger partial charge in [0.25, 0.3) is 0 Å². The molecule has 1 aromatic rings. The van der Waals surface area contributed by atoms with E-state index in [2.05, 4.69) is 4.72 Å². The highest BCUT2D eigenvalue weighted by atomic mass is 32.2. The zero-order valence-corrected chi connectivity index (χ0v) is 17.1. The first-order valence-electron chi connectivity index (χ1n) is 8.62. The fourth-order valence-electron chi connectivity index (χ4n) is 3.26. The van der Waals surface area contributed by atoms with E-state index in [4.69, 9.17) is 9.84 Å². The molecule has 1 aliphatic heterocycles. The van der Waals surface area contributed by atoms with Gasteiger partial charge in [0, 0.05) is 6.54 Å². The number of hydrogen-bond acceptors (Lipinski definition) is 5. The molecule has 0 unspecified atom stereocenters. The number of ether oxygens (including phenoxy) is 1. The van der Waals surface area contributed by atoms with Crippen LogP contribution in [0.1, 0.15) is 35.1 Å². The van der Waals surface area contributed by atoms with Gasteiger partial charge in [-0.1, -0.05) is 6.07 Å². The third-order valence-corrected chi connectivity index (χ3v) is 7.71. The molecule has 0 saturated carbocycles. The Kier molecular flexibility index (Phi) is 6.95. The first-order chi connectivity index (χ1) is 11.7. The highest BCUT2D eigenvalue weighted by Gasteiger charge is 2.35. The van der Waals surface area contributed by atoms with Crippen LogP contribution in [0.15, 0.2) is 11.0 Å². The lowest BCUT2D eigenvalue weighted by molar-refractivity contribution is -0.0591. The van der Waals surface area contributed by atoms with Crippen molar-refractivity contribution in [3.05, 3.63) is 28.3 Å². The number of aliphatic hydroxyl groups is 1. The summed E-state index contributed by atoms with van der Waals surface area (Å²) in [4.78, 5) is 0.382. The highest BCUT2D eigenvalue weighted by Crippen LogP contribution is 2.31. The van der Waals surface area contributed by atoms with Gasteiger partial charge in [-0.2, -0.15) is 11.8 Å². The Hall–Kier alpha value is -0.600. The maximum absolute atomic E-state index is 13.0. The molecular weight excluding hydrogens is 358 g/mol. The van der Waals surface area contributed by atoms with E-state index >= 15 is 0 Å². The second kappa shape index (κ2) is 8.39. The van der Waals surface area contributed by atoms with Crippen molar-refractivity contribution >= 4 is 21.8 Å². The molecule has 2 rings (SSSR count). The largest absolute Gasteiger partial charge is 0.394 e. The van der Waals surface area contributed by atoms with Gasteiger partial charge in [-0.15, -0.1) is 0 Å². The normalized spacial score (nSPS) is 17.6. The number of hydrogen-bond donors (Lipinski definition) is 2. The molecule has 0 spiro atoms. The topological polar surface area (TPSA) is 75.6 Å². The maximum Gasteiger partial charge on any atom is 0.241 e. The van der Waals surface area contributed by atoms with Gasteiger partial charge in [-0.3, -0.25) is 0 Å². The van der Waals surface area contributed by atoms with Gasteiger partial charge in [0.2, 0.25) is 10.0 Å². The van der Waals surface area contributed by atoms with Gasteiger partial charge < -0.3 is 9.84 Å². The Morgan fingerprint density at radius 2 is 1.72 bits per heavy atom. The minimum absolute atomic E-state index is 0.0586. The molecular formula is C18H29NO4S2. The van der Waals surface area contributed by atoms with Crippen molar-refractivity contribution in [2.75, 3.05) is 31.3 Å². The SMILES string of the molecule is Cc1cc(C)c(C)c(S(=O)(=O)NCC2(OCCO)CCSCC2)c1C. The quantitative estimate of drug-likeness (QED) is 0.752. The summed E-state index contributed by atoms with van der Waals surface area (Å²) in [5, 5.41) is 9.08. The molecule has 142 valence electrons. The van der Waals surface area contributed by atoms with Crippen molar-refractivity contribution in [1.82, 2.24) is 4.72 Å². The van der Waals surface area contributed by atoms with Crippen molar-refractivity contribution < 1.29 is 18.3 Å². The van der Waals surface area contributed by atoms with Crippen molar-refractivity contribution in [3.63, 3.8) is 0 Å². The van der Waals surface area contributed by atoms with Gasteiger partial charge in [-0.05, 0) is 74.3 Å². The Bertz CT molecular complexity index is 684. The maximum atomic E-state index is 13.0. The van der Waals surface area contributed by atoms with Crippen LogP contribution in [-0.2, 0) is 14.8 Å². The summed E-state index contributed by atoms with van der Waals surface area (Å²) in [6.07, 6.45) is 1.57. The molecule has 0 amide bonds. The molecule has 0 radical (unpaired) electrons. The Balaban J connectivity index is 2.26. The number of nitrogens with one attached hydrogen (secondary N) is 1. The predicted octanol–water partition coefficient (Wildman–Crippen LogP) is 2.47. The van der Waals surface area contributed by atoms with Crippen molar-refractivity contribution in [2.24, 2.45) is 0 Å². The zero-order chi connectivity index (χ0) is 18.7. The Morgan fingerprint density at radius 1 is 1.16 bits per heavy atom. The lowest BCUT2D eigenvalue weighted by Gasteiger charge is -2.37. The molecule has 0 aromatic heterocycles. The molecule has 1 aromatic carbocycles. The van der Waals surface area contributed by atoms with Crippen LogP contribution in [0.5, 0.6) is 0 Å². The van der Waals surface area contributed by atoms with Crippen LogP contribution >= 0.6 is 11.8 Å². The summed E-state index contributed by atoms with van der Waals surface area (Å²) in [5.74, 6) is 1.88. The van der Waals surface area contributed by atoms with E-state index in [1.165, 1.54) is 0 Å². The average molecular weight is 388 g/mol. The molecule has 1 saturated heterocycles. The second-order valence-corrected chi connectivity index (χ2v) is 9.71. The molecule has 2 N–H and O–H groups in total. The van der Waals surface area contributed by atoms with Crippen LogP contribution in [0.25, 0.3) is 0 Å². The smallest absolute Gasteiger partial charge is 0.241 e. The van der Waals surface area contributed by atoms with E-state index in [9.17, 15) is 8.42 Å². The summed E-state index contributed by atoms with van der Waals surface area (Å²) in [5.41, 5.74) is 3.01. The van der Waals surface area contributed by atoms with Crippen molar-refractivity contribution in [1.29, 1.82) is 0 Å². The number of sulfonamides is 1. The van der Waals surface area contributed by atoms with Gasteiger partial charge in [0.05, 0.1) is 23.7 Å². The Morgan fingerprint density at radius 3 is 2.24 bits per heavy atom. The number of rotatable bonds is 7. The van der Waals surface area contributed by atoms with Crippen molar-refractivity contribution in [2.45, 2.75) is 51.0 Å². The molecule has 5 nitrogen and oxygen atoms in total. The third kappa shape index (κ3) is 4.77. The van der Waals surface area contributed by atoms with Crippen LogP contribution in [-0.4, -0.2) is 50.4 Å². The van der Waals surface area contributed by atoms with Crippen molar-refractivity contribution in [3.8, 4) is 0 Å². The molecule has 1 aliphatic rings. The first-order valence-corrected chi connectivity index (χ1v) is 11.3. The summed E-state index contributed by atoms with van der Waals surface area (Å²) in [6.45, 7) is 7.99. The summed E-state index contributed by atoms with van der Waals surface area (Å²) < 4.78 is 34.7. The second-order valence-electron chi connectivity index (χ2n) is 6.78. The standard InChI is InChI=1S/C18H29NO4S2/c1-13-11-14(2)16(4)17(15(13)3)25(21,22)19-12-18(23-8-7-20)5-9-24-10-6-18/h11,19-20H,5-10,12H2,1-4H3. The van der Waals surface area contributed by atoms with Crippen LogP contribution in [0, 0.1) is 27.7 Å². The number of aliphatic hydroxyl groups excluding tert-OH is 1. The fraction of sp³-hybridized carbons (Fsp3) is 0.667. The van der Waals surface area contributed by atoms with E-state index < -0.39 is 15.6 Å². The fourth-order valence-corrected chi connectivity index (χ4v) is 6.22. The first kappa shape index (κ1) is 20.7. The van der Waals surface area contributed by atoms with Crippen LogP contribution in [0.2, 0.25) is 0 Å². The van der Waals surface area contributed by atoms with Gasteiger partial charge in [0.1, 0.15) is 0 Å². The summed E-state index contributed by atoms with van der Waals surface area (Å²) >= 11 is 1.85. The summed E-state index contributed by atoms with van der Waals surface area (Å²) in [7, 11) is -3.63. The van der Waals surface area contributed by atoms with E-state index in [1.807, 2.05) is 45.5 Å². The minimum Gasteiger partial charge on any atom is -0.394 e. The lowest BCUT2D eigenvalue weighted by atomic mass is 9.97. The van der Waals surface area contributed by atoms with Gasteiger partial charge in [-0.25, -0.2) is 13.1 Å². The summed E-state index contributed by atoms with van der Waals surface area (Å²) in [6, 6.07) is 2.02. The predicted molar refractivity (Wildman–Crippen MR) is 103 cm³/mol. The van der Waals surface area contributed by atoms with Gasteiger partial charge in [0.15, 0.2) is 0 Å². The number of thioether (sulfide) groups is 1. The van der Waals surface area contributed by atoms with E-state index in [-0.39, 0.29) is 19.8 Å². The molecule has 0 atom stereocenters. The third-order valence-electron chi connectivity index (χ3n) is 5.05. The van der Waals surface area contributed by atoms with Crippen LogP contribution in [0.4, 0.5) is 0 Å². The Labute approximate surface area is 155 Å². The van der Waals surface area contributed by atoms with E-state index in [0.717, 1.165) is 46.6 Å². The van der Waals surface area contributed by atoms with E-state index in [0.29, 0.717) is 4.90 Å². The average Bonchev–Trinajstić information content (AvgIpc) is 2.58. The molecule has 0 aliphatic carbocycles. The molecule has 1 heterocycles. The highest BCUT2D eigenvalue weighted by molar-refractivity contribution is 7.99. The van der Waals surface area contributed by atoms with E-state index in [1.54, 1.807) is 0 Å². The number of benzene rings is 1. The zero-order valence-electron chi connectivity index (χ0n) is 15.5. The van der Waals surface area contributed by atoms with Crippen LogP contribution < -0.4 is 4.72 Å².